The molecular formula is C15H17N3O3S. The zero-order valence-electron chi connectivity index (χ0n) is 12.2. The normalized spacial score (nSPS) is 17.7. The predicted molar refractivity (Wildman–Crippen MR) is 83.8 cm³/mol. The summed E-state index contributed by atoms with van der Waals surface area (Å²) in [4.78, 5) is 26.4. The second-order valence-electron chi connectivity index (χ2n) is 5.32. The number of amides is 3. The van der Waals surface area contributed by atoms with E-state index >= 15 is 0 Å². The van der Waals surface area contributed by atoms with Crippen LogP contribution in [-0.2, 0) is 0 Å². The Bertz CT molecular complexity index is 706. The molecule has 22 heavy (non-hydrogen) atoms. The van der Waals surface area contributed by atoms with Gasteiger partial charge in [0.2, 0.25) is 0 Å². The number of primary amides is 1. The third-order valence-electron chi connectivity index (χ3n) is 3.65. The first-order valence-corrected chi connectivity index (χ1v) is 7.86. The zero-order valence-corrected chi connectivity index (χ0v) is 13.0. The maximum Gasteiger partial charge on any atom is 0.314 e. The molecule has 1 aliphatic heterocycles. The van der Waals surface area contributed by atoms with Crippen molar-refractivity contribution in [3.63, 3.8) is 0 Å². The summed E-state index contributed by atoms with van der Waals surface area (Å²) >= 11 is 1.39. The van der Waals surface area contributed by atoms with Gasteiger partial charge in [0, 0.05) is 19.1 Å². The number of carbonyl (C=O) groups is 2. The Labute approximate surface area is 131 Å². The summed E-state index contributed by atoms with van der Waals surface area (Å²) in [7, 11) is 0. The molecule has 7 heteroatoms. The van der Waals surface area contributed by atoms with Crippen LogP contribution in [0.2, 0.25) is 0 Å². The van der Waals surface area contributed by atoms with E-state index in [1.165, 1.54) is 16.2 Å². The highest BCUT2D eigenvalue weighted by molar-refractivity contribution is 7.17. The van der Waals surface area contributed by atoms with Gasteiger partial charge in [0.1, 0.15) is 11.5 Å². The number of hydrogen-bond donors (Lipinski definition) is 2. The van der Waals surface area contributed by atoms with Gasteiger partial charge in [-0.1, -0.05) is 0 Å². The van der Waals surface area contributed by atoms with E-state index in [0.717, 1.165) is 22.8 Å². The predicted octanol–water partition coefficient (Wildman–Crippen LogP) is 2.20. The molecule has 2 aromatic heterocycles. The first kappa shape index (κ1) is 14.6. The quantitative estimate of drug-likeness (QED) is 0.909. The molecule has 3 rings (SSSR count). The SMILES string of the molecule is Cc1ccc(-c2ccc(C(=O)NC3CCN(C(N)=O)C3)s2)o1. The van der Waals surface area contributed by atoms with Crippen molar-refractivity contribution in [1.29, 1.82) is 0 Å². The van der Waals surface area contributed by atoms with Gasteiger partial charge in [-0.2, -0.15) is 0 Å². The smallest absolute Gasteiger partial charge is 0.314 e. The molecule has 3 N–H and O–H groups in total. The van der Waals surface area contributed by atoms with E-state index in [-0.39, 0.29) is 11.9 Å². The Morgan fingerprint density at radius 3 is 2.82 bits per heavy atom. The van der Waals surface area contributed by atoms with Crippen LogP contribution in [0.4, 0.5) is 4.79 Å². The van der Waals surface area contributed by atoms with Crippen LogP contribution in [0, 0.1) is 6.92 Å². The molecule has 3 amide bonds. The number of urea groups is 1. The molecule has 2 aromatic rings. The topological polar surface area (TPSA) is 88.6 Å². The summed E-state index contributed by atoms with van der Waals surface area (Å²) in [6.07, 6.45) is 0.726. The van der Waals surface area contributed by atoms with E-state index < -0.39 is 6.03 Å². The van der Waals surface area contributed by atoms with Gasteiger partial charge in [-0.3, -0.25) is 4.79 Å². The second-order valence-corrected chi connectivity index (χ2v) is 6.40. The van der Waals surface area contributed by atoms with Crippen molar-refractivity contribution in [1.82, 2.24) is 10.2 Å². The lowest BCUT2D eigenvalue weighted by Crippen LogP contribution is -2.39. The number of nitrogens with two attached hydrogens (primary N) is 1. The Hall–Kier alpha value is -2.28. The van der Waals surface area contributed by atoms with E-state index in [2.05, 4.69) is 5.32 Å². The number of aryl methyl sites for hydroxylation is 1. The molecule has 0 bridgehead atoms. The summed E-state index contributed by atoms with van der Waals surface area (Å²) < 4.78 is 5.56. The van der Waals surface area contributed by atoms with Crippen LogP contribution >= 0.6 is 11.3 Å². The minimum Gasteiger partial charge on any atom is -0.461 e. The van der Waals surface area contributed by atoms with Crippen LogP contribution < -0.4 is 11.1 Å². The van der Waals surface area contributed by atoms with E-state index in [0.29, 0.717) is 18.0 Å². The summed E-state index contributed by atoms with van der Waals surface area (Å²) in [6.45, 7) is 2.94. The number of furan rings is 1. The van der Waals surface area contributed by atoms with E-state index in [9.17, 15) is 9.59 Å². The van der Waals surface area contributed by atoms with Crippen molar-refractivity contribution in [2.75, 3.05) is 13.1 Å². The summed E-state index contributed by atoms with van der Waals surface area (Å²) in [5.41, 5.74) is 5.24. The number of thiophene rings is 1. The van der Waals surface area contributed by atoms with Crippen molar-refractivity contribution in [3.05, 3.63) is 34.9 Å². The monoisotopic (exact) mass is 319 g/mol. The van der Waals surface area contributed by atoms with Crippen molar-refractivity contribution in [2.24, 2.45) is 5.73 Å². The molecule has 116 valence electrons. The van der Waals surface area contributed by atoms with Crippen LogP contribution in [-0.4, -0.2) is 36.0 Å². The van der Waals surface area contributed by atoms with Gasteiger partial charge >= 0.3 is 6.03 Å². The van der Waals surface area contributed by atoms with Gasteiger partial charge in [0.15, 0.2) is 0 Å². The number of carbonyl (C=O) groups excluding carboxylic acids is 2. The van der Waals surface area contributed by atoms with E-state index in [4.69, 9.17) is 10.2 Å². The number of nitrogens with one attached hydrogen (secondary N) is 1. The Morgan fingerprint density at radius 1 is 1.36 bits per heavy atom. The van der Waals surface area contributed by atoms with Crippen LogP contribution in [0.5, 0.6) is 0 Å². The third-order valence-corrected chi connectivity index (χ3v) is 4.75. The lowest BCUT2D eigenvalue weighted by atomic mass is 10.2. The highest BCUT2D eigenvalue weighted by atomic mass is 32.1. The van der Waals surface area contributed by atoms with Crippen molar-refractivity contribution >= 4 is 23.3 Å². The first-order chi connectivity index (χ1) is 10.5. The van der Waals surface area contributed by atoms with Gasteiger partial charge in [-0.15, -0.1) is 11.3 Å². The fourth-order valence-electron chi connectivity index (χ4n) is 2.49. The molecule has 0 saturated carbocycles. The van der Waals surface area contributed by atoms with Crippen molar-refractivity contribution in [2.45, 2.75) is 19.4 Å². The molecule has 6 nitrogen and oxygen atoms in total. The van der Waals surface area contributed by atoms with E-state index in [1.807, 2.05) is 25.1 Å². The minimum atomic E-state index is -0.441. The third kappa shape index (κ3) is 2.99. The van der Waals surface area contributed by atoms with Gasteiger partial charge in [-0.25, -0.2) is 4.79 Å². The lowest BCUT2D eigenvalue weighted by molar-refractivity contribution is 0.0942. The number of nitrogens with zero attached hydrogens (tertiary/aromatic N) is 1. The molecule has 0 aromatic carbocycles. The summed E-state index contributed by atoms with van der Waals surface area (Å²) in [5.74, 6) is 1.48. The summed E-state index contributed by atoms with van der Waals surface area (Å²) in [6, 6.07) is 6.96. The highest BCUT2D eigenvalue weighted by Gasteiger charge is 2.26. The summed E-state index contributed by atoms with van der Waals surface area (Å²) in [5, 5.41) is 2.94. The van der Waals surface area contributed by atoms with Gasteiger partial charge in [0.25, 0.3) is 5.91 Å². The van der Waals surface area contributed by atoms with Crippen LogP contribution in [0.3, 0.4) is 0 Å². The largest absolute Gasteiger partial charge is 0.461 e. The Balaban J connectivity index is 1.64. The lowest BCUT2D eigenvalue weighted by Gasteiger charge is -2.14. The standard InChI is InChI=1S/C15H17N3O3S/c1-9-2-3-11(21-9)12-4-5-13(22-12)14(19)17-10-6-7-18(8-10)15(16)20/h2-5,10H,6-8H2,1H3,(H2,16,20)(H,17,19). The number of rotatable bonds is 3. The van der Waals surface area contributed by atoms with Gasteiger partial charge < -0.3 is 20.4 Å². The fraction of sp³-hybridized carbons (Fsp3) is 0.333. The molecule has 1 unspecified atom stereocenters. The minimum absolute atomic E-state index is 0.0450. The zero-order chi connectivity index (χ0) is 15.7. The average molecular weight is 319 g/mol. The van der Waals surface area contributed by atoms with Crippen molar-refractivity contribution in [3.8, 4) is 10.6 Å². The number of likely N-dealkylation sites (tertiary alicyclic amines) is 1. The molecule has 1 aliphatic rings. The second kappa shape index (κ2) is 5.84. The molecule has 0 spiro atoms. The highest BCUT2D eigenvalue weighted by Crippen LogP contribution is 2.29. The Kier molecular flexibility index (Phi) is 3.89. The molecular weight excluding hydrogens is 302 g/mol. The Morgan fingerprint density at radius 2 is 2.18 bits per heavy atom. The van der Waals surface area contributed by atoms with Crippen LogP contribution in [0.15, 0.2) is 28.7 Å². The van der Waals surface area contributed by atoms with Gasteiger partial charge in [-0.05, 0) is 37.6 Å². The van der Waals surface area contributed by atoms with Crippen LogP contribution in [0.1, 0.15) is 21.9 Å². The maximum atomic E-state index is 12.3. The molecule has 0 aliphatic carbocycles. The van der Waals surface area contributed by atoms with Crippen molar-refractivity contribution < 1.29 is 14.0 Å². The maximum absolute atomic E-state index is 12.3. The fourth-order valence-corrected chi connectivity index (χ4v) is 3.37. The molecule has 1 atom stereocenters. The molecule has 0 radical (unpaired) electrons. The molecule has 1 fully saturated rings. The average Bonchev–Trinajstić information content (AvgIpc) is 3.16. The first-order valence-electron chi connectivity index (χ1n) is 7.05. The van der Waals surface area contributed by atoms with E-state index in [1.54, 1.807) is 6.07 Å². The molecule has 3 heterocycles. The number of hydrogen-bond acceptors (Lipinski definition) is 4. The molecule has 1 saturated heterocycles. The van der Waals surface area contributed by atoms with Gasteiger partial charge in [0.05, 0.1) is 9.75 Å². The van der Waals surface area contributed by atoms with Crippen LogP contribution in [0.25, 0.3) is 10.6 Å².